The summed E-state index contributed by atoms with van der Waals surface area (Å²) in [4.78, 5) is 26.2. The molecule has 152 valence electrons. The van der Waals surface area contributed by atoms with Gasteiger partial charge in [-0.15, -0.1) is 0 Å². The molecule has 28 heavy (non-hydrogen) atoms. The van der Waals surface area contributed by atoms with Crippen molar-refractivity contribution >= 4 is 17.2 Å². The topological polar surface area (TPSA) is 78.6 Å². The molecule has 2 atom stereocenters. The summed E-state index contributed by atoms with van der Waals surface area (Å²) in [6.07, 6.45) is 3.10. The zero-order chi connectivity index (χ0) is 19.5. The third-order valence-corrected chi connectivity index (χ3v) is 6.10. The Morgan fingerprint density at radius 3 is 2.54 bits per heavy atom. The van der Waals surface area contributed by atoms with Crippen molar-refractivity contribution in [1.82, 2.24) is 4.40 Å². The molecule has 3 N–H and O–H groups in total. The second-order valence-electron chi connectivity index (χ2n) is 7.95. The standard InChI is InChI=1S/C20H24FN3O3.ClH/c1-10-7-23(9-16(10)22-3)18-11(2)17-13(12-4-5-12)6-14(20(26)27)19(25)24(17)8-15(18)21;/h6,8,10,12,16,22H,4-5,7,9H2,1-3H3,(H,26,27);1H/t10-,16+;/m0./s1. The van der Waals surface area contributed by atoms with E-state index in [1.165, 1.54) is 16.7 Å². The lowest BCUT2D eigenvalue weighted by Crippen LogP contribution is -3.00. The van der Waals surface area contributed by atoms with Crippen molar-refractivity contribution < 1.29 is 32.0 Å². The Morgan fingerprint density at radius 1 is 1.32 bits per heavy atom. The van der Waals surface area contributed by atoms with Crippen LogP contribution in [0.25, 0.3) is 5.52 Å². The molecule has 0 aromatic carbocycles. The molecule has 1 saturated carbocycles. The SMILES string of the molecule is C[NH2+][C@@H]1CN(c2c(F)cn3c(=O)c(C(=O)O)cc(C4CC4)c3c2C)C[C@@H]1C.[Cl-]. The Kier molecular flexibility index (Phi) is 5.42. The van der Waals surface area contributed by atoms with E-state index in [0.29, 0.717) is 23.2 Å². The van der Waals surface area contributed by atoms with Gasteiger partial charge in [-0.1, -0.05) is 6.92 Å². The number of aromatic nitrogens is 1. The molecule has 1 aliphatic heterocycles. The molecule has 2 fully saturated rings. The fourth-order valence-corrected chi connectivity index (χ4v) is 4.50. The van der Waals surface area contributed by atoms with Gasteiger partial charge in [0, 0.05) is 12.5 Å². The van der Waals surface area contributed by atoms with E-state index in [1.807, 2.05) is 14.0 Å². The second-order valence-corrected chi connectivity index (χ2v) is 7.95. The predicted molar refractivity (Wildman–Crippen MR) is 100 cm³/mol. The van der Waals surface area contributed by atoms with Gasteiger partial charge in [0.05, 0.1) is 31.0 Å². The van der Waals surface area contributed by atoms with Crippen molar-refractivity contribution in [1.29, 1.82) is 0 Å². The number of likely N-dealkylation sites (N-methyl/N-ethyl adjacent to an activating group) is 1. The minimum atomic E-state index is -1.27. The van der Waals surface area contributed by atoms with Crippen LogP contribution in [0, 0.1) is 18.7 Å². The molecule has 6 nitrogen and oxygen atoms in total. The first-order valence-corrected chi connectivity index (χ1v) is 9.49. The average Bonchev–Trinajstić information content (AvgIpc) is 3.38. The van der Waals surface area contributed by atoms with E-state index < -0.39 is 17.3 Å². The van der Waals surface area contributed by atoms with Gasteiger partial charge in [0.2, 0.25) is 0 Å². The average molecular weight is 410 g/mol. The zero-order valence-electron chi connectivity index (χ0n) is 16.2. The lowest BCUT2D eigenvalue weighted by Gasteiger charge is -2.23. The number of fused-ring (bicyclic) bond motifs is 1. The summed E-state index contributed by atoms with van der Waals surface area (Å²) in [5.41, 5.74) is 1.80. The number of carboxylic acids is 1. The van der Waals surface area contributed by atoms with Gasteiger partial charge in [-0.05, 0) is 42.9 Å². The molecule has 0 radical (unpaired) electrons. The molecule has 3 heterocycles. The number of nitrogens with two attached hydrogens (primary N) is 1. The molecule has 2 aromatic rings. The van der Waals surface area contributed by atoms with Gasteiger partial charge in [0.25, 0.3) is 5.56 Å². The summed E-state index contributed by atoms with van der Waals surface area (Å²) in [5, 5.41) is 11.5. The van der Waals surface area contributed by atoms with Crippen molar-refractivity contribution in [3.05, 3.63) is 45.1 Å². The van der Waals surface area contributed by atoms with E-state index in [1.54, 1.807) is 0 Å². The van der Waals surface area contributed by atoms with Crippen molar-refractivity contribution in [2.24, 2.45) is 5.92 Å². The largest absolute Gasteiger partial charge is 1.00 e. The molecular weight excluding hydrogens is 385 g/mol. The van der Waals surface area contributed by atoms with Crippen LogP contribution >= 0.6 is 0 Å². The van der Waals surface area contributed by atoms with Crippen LogP contribution in [0.2, 0.25) is 0 Å². The molecule has 2 aliphatic rings. The van der Waals surface area contributed by atoms with Gasteiger partial charge in [-0.2, -0.15) is 0 Å². The minimum Gasteiger partial charge on any atom is -1.00 e. The van der Waals surface area contributed by atoms with Crippen LogP contribution in [-0.2, 0) is 0 Å². The Morgan fingerprint density at radius 2 is 2.00 bits per heavy atom. The third kappa shape index (κ3) is 3.16. The number of hydrogen-bond donors (Lipinski definition) is 2. The van der Waals surface area contributed by atoms with Crippen LogP contribution in [-0.4, -0.2) is 41.7 Å². The van der Waals surface area contributed by atoms with Crippen LogP contribution in [0.5, 0.6) is 0 Å². The first-order valence-electron chi connectivity index (χ1n) is 9.49. The molecule has 0 amide bonds. The zero-order valence-corrected chi connectivity index (χ0v) is 17.0. The maximum atomic E-state index is 15.1. The Hall–Kier alpha value is -2.12. The number of pyridine rings is 2. The van der Waals surface area contributed by atoms with Crippen molar-refractivity contribution in [3.8, 4) is 0 Å². The maximum Gasteiger partial charge on any atom is 0.341 e. The lowest BCUT2D eigenvalue weighted by molar-refractivity contribution is -0.664. The van der Waals surface area contributed by atoms with E-state index in [-0.39, 0.29) is 23.9 Å². The maximum absolute atomic E-state index is 15.1. The summed E-state index contributed by atoms with van der Waals surface area (Å²) in [5.74, 6) is -1.07. The summed E-state index contributed by atoms with van der Waals surface area (Å²) >= 11 is 0. The van der Waals surface area contributed by atoms with Crippen LogP contribution in [0.4, 0.5) is 10.1 Å². The normalized spacial score (nSPS) is 21.8. The smallest absolute Gasteiger partial charge is 0.341 e. The predicted octanol–water partition coefficient (Wildman–Crippen LogP) is -1.66. The summed E-state index contributed by atoms with van der Waals surface area (Å²) < 4.78 is 16.3. The number of carbonyl (C=O) groups is 1. The number of halogens is 2. The van der Waals surface area contributed by atoms with Crippen molar-refractivity contribution in [2.45, 2.75) is 38.6 Å². The number of hydrogen-bond acceptors (Lipinski definition) is 3. The molecular formula is C20H25ClFN3O3. The molecule has 0 spiro atoms. The molecule has 0 unspecified atom stereocenters. The van der Waals surface area contributed by atoms with E-state index in [0.717, 1.165) is 37.1 Å². The molecule has 2 aromatic heterocycles. The highest BCUT2D eigenvalue weighted by molar-refractivity contribution is 5.89. The fourth-order valence-electron chi connectivity index (χ4n) is 4.50. The van der Waals surface area contributed by atoms with Crippen LogP contribution in [0.1, 0.15) is 47.2 Å². The Bertz CT molecular complexity index is 1000. The molecule has 8 heteroatoms. The fraction of sp³-hybridized carbons (Fsp3) is 0.500. The minimum absolute atomic E-state index is 0. The summed E-state index contributed by atoms with van der Waals surface area (Å²) in [7, 11) is 2.03. The van der Waals surface area contributed by atoms with E-state index >= 15 is 4.39 Å². The number of carboxylic acid groups (broad SMARTS) is 1. The monoisotopic (exact) mass is 409 g/mol. The quantitative estimate of drug-likeness (QED) is 0.634. The number of aromatic carboxylic acids is 1. The first-order chi connectivity index (χ1) is 12.8. The highest BCUT2D eigenvalue weighted by atomic mass is 35.5. The van der Waals surface area contributed by atoms with Crippen molar-refractivity contribution in [2.75, 3.05) is 25.0 Å². The first kappa shape index (κ1) is 20.6. The Labute approximate surface area is 168 Å². The van der Waals surface area contributed by atoms with E-state index in [9.17, 15) is 14.7 Å². The highest BCUT2D eigenvalue weighted by Gasteiger charge is 2.35. The van der Waals surface area contributed by atoms with Gasteiger partial charge in [0.15, 0.2) is 5.82 Å². The number of rotatable bonds is 4. The third-order valence-electron chi connectivity index (χ3n) is 6.10. The van der Waals surface area contributed by atoms with Crippen LogP contribution in [0.15, 0.2) is 17.1 Å². The number of quaternary nitrogens is 1. The second kappa shape index (κ2) is 7.37. The van der Waals surface area contributed by atoms with Gasteiger partial charge in [-0.3, -0.25) is 9.20 Å². The Balaban J connectivity index is 0.00000225. The van der Waals surface area contributed by atoms with Gasteiger partial charge < -0.3 is 27.7 Å². The van der Waals surface area contributed by atoms with Gasteiger partial charge >= 0.3 is 5.97 Å². The molecule has 0 bridgehead atoms. The summed E-state index contributed by atoms with van der Waals surface area (Å²) in [6, 6.07) is 1.90. The van der Waals surface area contributed by atoms with Crippen molar-refractivity contribution in [3.63, 3.8) is 0 Å². The van der Waals surface area contributed by atoms with E-state index in [4.69, 9.17) is 0 Å². The van der Waals surface area contributed by atoms with Crippen LogP contribution < -0.4 is 28.2 Å². The number of anilines is 1. The lowest BCUT2D eigenvalue weighted by atomic mass is 10.0. The van der Waals surface area contributed by atoms with Gasteiger partial charge in [-0.25, -0.2) is 9.18 Å². The molecule has 1 saturated heterocycles. The number of nitrogens with zero attached hydrogens (tertiary/aromatic N) is 2. The highest BCUT2D eigenvalue weighted by Crippen LogP contribution is 2.44. The molecule has 1 aliphatic carbocycles. The molecule has 4 rings (SSSR count). The number of aryl methyl sites for hydroxylation is 1. The van der Waals surface area contributed by atoms with E-state index in [2.05, 4.69) is 17.1 Å². The summed E-state index contributed by atoms with van der Waals surface area (Å²) in [6.45, 7) is 5.52. The van der Waals surface area contributed by atoms with Gasteiger partial charge in [0.1, 0.15) is 11.6 Å². The van der Waals surface area contributed by atoms with Crippen LogP contribution in [0.3, 0.4) is 0 Å².